The lowest BCUT2D eigenvalue weighted by molar-refractivity contribution is -0.118. The standard InChI is InChI=1S/C21H26N2O5S/c1-16-6-11-19(29(25,26)23-12-4-3-5-13-23)14-20(16)22-21(24)15-28-18-9-7-17(27-2)8-10-18/h6-11,14H,3-5,12-13,15H2,1-2H3,(H,22,24). The fraction of sp³-hybridized carbons (Fsp3) is 0.381. The minimum atomic E-state index is -3.56. The second-order valence-corrected chi connectivity index (χ2v) is 8.89. The monoisotopic (exact) mass is 418 g/mol. The van der Waals surface area contributed by atoms with E-state index in [4.69, 9.17) is 9.47 Å². The Hall–Kier alpha value is -2.58. The van der Waals surface area contributed by atoms with Crippen molar-refractivity contribution in [1.29, 1.82) is 0 Å². The molecule has 0 atom stereocenters. The molecule has 0 saturated carbocycles. The number of piperidine rings is 1. The summed E-state index contributed by atoms with van der Waals surface area (Å²) in [6, 6.07) is 11.7. The molecule has 0 radical (unpaired) electrons. The largest absolute Gasteiger partial charge is 0.497 e. The molecule has 1 aliphatic rings. The first-order valence-electron chi connectivity index (χ1n) is 9.57. The Labute approximate surface area is 171 Å². The summed E-state index contributed by atoms with van der Waals surface area (Å²) in [6.07, 6.45) is 2.80. The molecule has 0 unspecified atom stereocenters. The number of carbonyl (C=O) groups excluding carboxylic acids is 1. The number of hydrogen-bond acceptors (Lipinski definition) is 5. The van der Waals surface area contributed by atoms with E-state index in [1.165, 1.54) is 10.4 Å². The van der Waals surface area contributed by atoms with Crippen LogP contribution in [0.1, 0.15) is 24.8 Å². The van der Waals surface area contributed by atoms with E-state index >= 15 is 0 Å². The Kier molecular flexibility index (Phi) is 6.76. The van der Waals surface area contributed by atoms with Gasteiger partial charge in [-0.3, -0.25) is 4.79 Å². The quantitative estimate of drug-likeness (QED) is 0.746. The summed E-state index contributed by atoms with van der Waals surface area (Å²) in [7, 11) is -1.99. The molecular weight excluding hydrogens is 392 g/mol. The Bertz CT molecular complexity index is 952. The van der Waals surface area contributed by atoms with E-state index < -0.39 is 10.0 Å². The molecule has 2 aromatic rings. The number of sulfonamides is 1. The fourth-order valence-corrected chi connectivity index (χ4v) is 4.70. The van der Waals surface area contributed by atoms with E-state index in [2.05, 4.69) is 5.32 Å². The zero-order valence-electron chi connectivity index (χ0n) is 16.7. The molecule has 0 aliphatic carbocycles. The summed E-state index contributed by atoms with van der Waals surface area (Å²) in [5.74, 6) is 0.875. The van der Waals surface area contributed by atoms with Crippen LogP contribution in [-0.2, 0) is 14.8 Å². The SMILES string of the molecule is COc1ccc(OCC(=O)Nc2cc(S(=O)(=O)N3CCCCC3)ccc2C)cc1. The van der Waals surface area contributed by atoms with E-state index in [1.807, 2.05) is 6.92 Å². The third kappa shape index (κ3) is 5.27. The lowest BCUT2D eigenvalue weighted by Gasteiger charge is -2.26. The molecule has 1 aliphatic heterocycles. The molecule has 1 fully saturated rings. The molecule has 1 heterocycles. The number of anilines is 1. The van der Waals surface area contributed by atoms with Gasteiger partial charge >= 0.3 is 0 Å². The van der Waals surface area contributed by atoms with Gasteiger partial charge in [0, 0.05) is 18.8 Å². The van der Waals surface area contributed by atoms with Crippen molar-refractivity contribution in [2.45, 2.75) is 31.1 Å². The van der Waals surface area contributed by atoms with Crippen LogP contribution in [0.15, 0.2) is 47.4 Å². The van der Waals surface area contributed by atoms with Crippen molar-refractivity contribution in [1.82, 2.24) is 4.31 Å². The van der Waals surface area contributed by atoms with Crippen molar-refractivity contribution in [2.75, 3.05) is 32.1 Å². The van der Waals surface area contributed by atoms with E-state index in [9.17, 15) is 13.2 Å². The fourth-order valence-electron chi connectivity index (χ4n) is 3.16. The molecule has 1 N–H and O–H groups in total. The number of ether oxygens (including phenoxy) is 2. The average Bonchev–Trinajstić information content (AvgIpc) is 2.74. The first kappa shape index (κ1) is 21.1. The Morgan fingerprint density at radius 1 is 1.03 bits per heavy atom. The average molecular weight is 419 g/mol. The first-order chi connectivity index (χ1) is 13.9. The molecule has 2 aromatic carbocycles. The highest BCUT2D eigenvalue weighted by molar-refractivity contribution is 7.89. The lowest BCUT2D eigenvalue weighted by Crippen LogP contribution is -2.35. The summed E-state index contributed by atoms with van der Waals surface area (Å²) in [4.78, 5) is 12.5. The number of rotatable bonds is 7. The smallest absolute Gasteiger partial charge is 0.262 e. The maximum Gasteiger partial charge on any atom is 0.262 e. The molecule has 0 bridgehead atoms. The summed E-state index contributed by atoms with van der Waals surface area (Å²) in [6.45, 7) is 2.70. The topological polar surface area (TPSA) is 84.9 Å². The van der Waals surface area contributed by atoms with E-state index in [-0.39, 0.29) is 17.4 Å². The van der Waals surface area contributed by atoms with Gasteiger partial charge in [-0.25, -0.2) is 8.42 Å². The summed E-state index contributed by atoms with van der Waals surface area (Å²) < 4.78 is 37.8. The zero-order valence-corrected chi connectivity index (χ0v) is 17.5. The van der Waals surface area contributed by atoms with Crippen molar-refractivity contribution < 1.29 is 22.7 Å². The van der Waals surface area contributed by atoms with Crippen molar-refractivity contribution in [3.8, 4) is 11.5 Å². The van der Waals surface area contributed by atoms with Gasteiger partial charge < -0.3 is 14.8 Å². The number of carbonyl (C=O) groups is 1. The van der Waals surface area contributed by atoms with Crippen LogP contribution in [0.2, 0.25) is 0 Å². The van der Waals surface area contributed by atoms with Crippen LogP contribution in [0.5, 0.6) is 11.5 Å². The third-order valence-corrected chi connectivity index (χ3v) is 6.76. The van der Waals surface area contributed by atoms with Gasteiger partial charge in [-0.2, -0.15) is 4.31 Å². The second-order valence-electron chi connectivity index (χ2n) is 6.95. The summed E-state index contributed by atoms with van der Waals surface area (Å²) in [5.41, 5.74) is 1.24. The predicted octanol–water partition coefficient (Wildman–Crippen LogP) is 3.20. The van der Waals surface area contributed by atoms with Crippen LogP contribution in [0.25, 0.3) is 0 Å². The van der Waals surface area contributed by atoms with E-state index in [1.54, 1.807) is 43.5 Å². The molecule has 8 heteroatoms. The van der Waals surface area contributed by atoms with Gasteiger partial charge in [0.25, 0.3) is 5.91 Å². The highest BCUT2D eigenvalue weighted by Crippen LogP contribution is 2.25. The first-order valence-corrected chi connectivity index (χ1v) is 11.0. The number of benzene rings is 2. The highest BCUT2D eigenvalue weighted by Gasteiger charge is 2.26. The number of methoxy groups -OCH3 is 1. The van der Waals surface area contributed by atoms with Gasteiger partial charge in [0.2, 0.25) is 10.0 Å². The number of hydrogen-bond donors (Lipinski definition) is 1. The van der Waals surface area contributed by atoms with Crippen molar-refractivity contribution >= 4 is 21.6 Å². The Morgan fingerprint density at radius 2 is 1.69 bits per heavy atom. The molecule has 1 amide bonds. The van der Waals surface area contributed by atoms with Crippen molar-refractivity contribution in [3.63, 3.8) is 0 Å². The molecule has 1 saturated heterocycles. The normalized spacial score (nSPS) is 15.0. The van der Waals surface area contributed by atoms with Crippen molar-refractivity contribution in [2.24, 2.45) is 0 Å². The summed E-state index contributed by atoms with van der Waals surface area (Å²) >= 11 is 0. The van der Waals surface area contributed by atoms with Gasteiger partial charge in [0.15, 0.2) is 6.61 Å². The lowest BCUT2D eigenvalue weighted by atomic mass is 10.2. The molecule has 0 aromatic heterocycles. The van der Waals surface area contributed by atoms with Gasteiger partial charge in [-0.15, -0.1) is 0 Å². The number of nitrogens with one attached hydrogen (secondary N) is 1. The minimum Gasteiger partial charge on any atom is -0.497 e. The highest BCUT2D eigenvalue weighted by atomic mass is 32.2. The van der Waals surface area contributed by atoms with Crippen LogP contribution < -0.4 is 14.8 Å². The predicted molar refractivity (Wildman–Crippen MR) is 111 cm³/mol. The molecule has 3 rings (SSSR count). The van der Waals surface area contributed by atoms with Gasteiger partial charge in [-0.05, 0) is 61.7 Å². The third-order valence-electron chi connectivity index (χ3n) is 4.87. The maximum absolute atomic E-state index is 12.9. The maximum atomic E-state index is 12.9. The zero-order chi connectivity index (χ0) is 20.9. The van der Waals surface area contributed by atoms with Crippen LogP contribution in [-0.4, -0.2) is 45.4 Å². The summed E-state index contributed by atoms with van der Waals surface area (Å²) in [5, 5.41) is 2.75. The van der Waals surface area contributed by atoms with Crippen molar-refractivity contribution in [3.05, 3.63) is 48.0 Å². The number of aryl methyl sites for hydroxylation is 1. The Morgan fingerprint density at radius 3 is 2.34 bits per heavy atom. The Balaban J connectivity index is 1.66. The molecular formula is C21H26N2O5S. The molecule has 0 spiro atoms. The van der Waals surface area contributed by atoms with Gasteiger partial charge in [0.05, 0.1) is 12.0 Å². The van der Waals surface area contributed by atoms with Gasteiger partial charge in [0.1, 0.15) is 11.5 Å². The van der Waals surface area contributed by atoms with Crippen LogP contribution in [0.4, 0.5) is 5.69 Å². The van der Waals surface area contributed by atoms with E-state index in [0.717, 1.165) is 24.8 Å². The molecule has 29 heavy (non-hydrogen) atoms. The van der Waals surface area contributed by atoms with Gasteiger partial charge in [-0.1, -0.05) is 12.5 Å². The van der Waals surface area contributed by atoms with Crippen LogP contribution >= 0.6 is 0 Å². The van der Waals surface area contributed by atoms with Crippen LogP contribution in [0, 0.1) is 6.92 Å². The number of nitrogens with zero attached hydrogens (tertiary/aromatic N) is 1. The molecule has 156 valence electrons. The second kappa shape index (κ2) is 9.28. The minimum absolute atomic E-state index is 0.186. The van der Waals surface area contributed by atoms with Crippen LogP contribution in [0.3, 0.4) is 0 Å². The van der Waals surface area contributed by atoms with E-state index in [0.29, 0.717) is 30.3 Å². The molecule has 7 nitrogen and oxygen atoms in total. The number of amides is 1.